The highest BCUT2D eigenvalue weighted by atomic mass is 16.3. The van der Waals surface area contributed by atoms with Gasteiger partial charge in [0.25, 0.3) is 0 Å². The zero-order valence-corrected chi connectivity index (χ0v) is 10.2. The van der Waals surface area contributed by atoms with Crippen LogP contribution in [0.2, 0.25) is 0 Å². The summed E-state index contributed by atoms with van der Waals surface area (Å²) in [6.45, 7) is 3.11. The molecule has 2 rings (SSSR count). The van der Waals surface area contributed by atoms with Crippen molar-refractivity contribution in [3.8, 4) is 12.1 Å². The third-order valence-corrected chi connectivity index (χ3v) is 3.22. The number of aliphatic hydroxyl groups excluding tert-OH is 1. The Morgan fingerprint density at radius 1 is 1.50 bits per heavy atom. The van der Waals surface area contributed by atoms with Crippen molar-refractivity contribution < 1.29 is 5.11 Å². The van der Waals surface area contributed by atoms with Crippen LogP contribution >= 0.6 is 0 Å². The van der Waals surface area contributed by atoms with Gasteiger partial charge in [-0.3, -0.25) is 0 Å². The Bertz CT molecular complexity index is 541. The van der Waals surface area contributed by atoms with E-state index in [9.17, 15) is 10.4 Å². The molecule has 2 heterocycles. The van der Waals surface area contributed by atoms with Gasteiger partial charge in [0, 0.05) is 19.3 Å². The van der Waals surface area contributed by atoms with Crippen LogP contribution in [-0.4, -0.2) is 29.3 Å². The number of nitrogens with zero attached hydrogens (tertiary/aromatic N) is 4. The number of pyridine rings is 1. The van der Waals surface area contributed by atoms with Crippen LogP contribution in [0.1, 0.15) is 30.0 Å². The lowest BCUT2D eigenvalue weighted by Gasteiger charge is -2.19. The molecule has 5 nitrogen and oxygen atoms in total. The minimum atomic E-state index is -0.362. The number of aliphatic hydroxyl groups is 1. The van der Waals surface area contributed by atoms with Crippen molar-refractivity contribution in [1.82, 2.24) is 4.98 Å². The van der Waals surface area contributed by atoms with Gasteiger partial charge < -0.3 is 10.0 Å². The summed E-state index contributed by atoms with van der Waals surface area (Å²) in [5.74, 6) is 0.588. The van der Waals surface area contributed by atoms with E-state index in [2.05, 4.69) is 17.1 Å². The highest BCUT2D eigenvalue weighted by Gasteiger charge is 2.25. The minimum Gasteiger partial charge on any atom is -0.391 e. The van der Waals surface area contributed by atoms with Gasteiger partial charge in [0.2, 0.25) is 0 Å². The first-order chi connectivity index (χ1) is 8.71. The maximum absolute atomic E-state index is 9.55. The second-order valence-electron chi connectivity index (χ2n) is 4.31. The van der Waals surface area contributed by atoms with E-state index >= 15 is 0 Å². The van der Waals surface area contributed by atoms with Crippen molar-refractivity contribution in [3.63, 3.8) is 0 Å². The average Bonchev–Trinajstić information content (AvgIpc) is 2.83. The van der Waals surface area contributed by atoms with E-state index in [1.807, 2.05) is 11.8 Å². The molecule has 0 saturated carbocycles. The summed E-state index contributed by atoms with van der Waals surface area (Å²) in [7, 11) is 0. The van der Waals surface area contributed by atoms with E-state index in [0.717, 1.165) is 5.56 Å². The molecule has 1 fully saturated rings. The summed E-state index contributed by atoms with van der Waals surface area (Å²) < 4.78 is 0. The fourth-order valence-electron chi connectivity index (χ4n) is 2.29. The molecule has 1 atom stereocenters. The number of anilines is 1. The molecule has 1 saturated heterocycles. The normalized spacial score (nSPS) is 18.4. The molecule has 1 aromatic heterocycles. The third-order valence-electron chi connectivity index (χ3n) is 3.22. The van der Waals surface area contributed by atoms with Crippen LogP contribution < -0.4 is 4.90 Å². The Hall–Kier alpha value is -2.11. The molecule has 0 amide bonds. The molecule has 1 aliphatic heterocycles. The van der Waals surface area contributed by atoms with Crippen LogP contribution in [0.4, 0.5) is 5.82 Å². The van der Waals surface area contributed by atoms with Crippen molar-refractivity contribution in [2.45, 2.75) is 25.9 Å². The van der Waals surface area contributed by atoms with Crippen LogP contribution in [0.25, 0.3) is 0 Å². The zero-order chi connectivity index (χ0) is 13.1. The molecule has 18 heavy (non-hydrogen) atoms. The highest BCUT2D eigenvalue weighted by Crippen LogP contribution is 2.26. The van der Waals surface area contributed by atoms with Crippen molar-refractivity contribution in [2.24, 2.45) is 0 Å². The molecule has 0 spiro atoms. The maximum Gasteiger partial charge on any atom is 0.146 e. The predicted molar refractivity (Wildman–Crippen MR) is 65.9 cm³/mol. The zero-order valence-electron chi connectivity index (χ0n) is 10.2. The van der Waals surface area contributed by atoms with Gasteiger partial charge in [-0.1, -0.05) is 6.92 Å². The Morgan fingerprint density at radius 2 is 2.28 bits per heavy atom. The Balaban J connectivity index is 2.50. The van der Waals surface area contributed by atoms with Crippen molar-refractivity contribution in [2.75, 3.05) is 18.0 Å². The average molecular weight is 242 g/mol. The standard InChI is InChI=1S/C13H14N4O/c1-2-11-9(5-14)7-16-13(12(11)6-15)17-4-3-10(18)8-17/h7,10,18H,2-4,8H2,1H3/t10-/m0/s1. The smallest absolute Gasteiger partial charge is 0.146 e. The number of rotatable bonds is 2. The maximum atomic E-state index is 9.55. The summed E-state index contributed by atoms with van der Waals surface area (Å²) in [5.41, 5.74) is 1.66. The first kappa shape index (κ1) is 12.3. The second kappa shape index (κ2) is 5.03. The molecular formula is C13H14N4O. The van der Waals surface area contributed by atoms with E-state index in [1.165, 1.54) is 6.20 Å². The quantitative estimate of drug-likeness (QED) is 0.835. The van der Waals surface area contributed by atoms with E-state index < -0.39 is 0 Å². The van der Waals surface area contributed by atoms with Gasteiger partial charge in [0.15, 0.2) is 0 Å². The van der Waals surface area contributed by atoms with E-state index in [0.29, 0.717) is 42.9 Å². The summed E-state index contributed by atoms with van der Waals surface area (Å²) in [6.07, 6.45) is 2.46. The summed E-state index contributed by atoms with van der Waals surface area (Å²) >= 11 is 0. The monoisotopic (exact) mass is 242 g/mol. The number of nitriles is 2. The number of hydrogen-bond acceptors (Lipinski definition) is 5. The van der Waals surface area contributed by atoms with Gasteiger partial charge in [-0.05, 0) is 18.4 Å². The Morgan fingerprint density at radius 3 is 2.78 bits per heavy atom. The van der Waals surface area contributed by atoms with Gasteiger partial charge in [-0.15, -0.1) is 0 Å². The lowest BCUT2D eigenvalue weighted by atomic mass is 10.0. The second-order valence-corrected chi connectivity index (χ2v) is 4.31. The molecule has 1 N–H and O–H groups in total. The molecule has 0 radical (unpaired) electrons. The van der Waals surface area contributed by atoms with E-state index in [-0.39, 0.29) is 6.10 Å². The molecule has 5 heteroatoms. The van der Waals surface area contributed by atoms with Gasteiger partial charge in [0.05, 0.1) is 17.2 Å². The van der Waals surface area contributed by atoms with Crippen LogP contribution in [0.5, 0.6) is 0 Å². The fraction of sp³-hybridized carbons (Fsp3) is 0.462. The Kier molecular flexibility index (Phi) is 3.45. The topological polar surface area (TPSA) is 83.9 Å². The van der Waals surface area contributed by atoms with E-state index in [4.69, 9.17) is 5.26 Å². The largest absolute Gasteiger partial charge is 0.391 e. The molecule has 0 aromatic carbocycles. The van der Waals surface area contributed by atoms with Crippen molar-refractivity contribution >= 4 is 5.82 Å². The van der Waals surface area contributed by atoms with E-state index in [1.54, 1.807) is 0 Å². The van der Waals surface area contributed by atoms with Gasteiger partial charge in [-0.2, -0.15) is 10.5 Å². The van der Waals surface area contributed by atoms with Crippen LogP contribution in [0, 0.1) is 22.7 Å². The van der Waals surface area contributed by atoms with Gasteiger partial charge in [0.1, 0.15) is 18.0 Å². The third kappa shape index (κ3) is 2.01. The number of β-amino-alcohol motifs (C(OH)–C–C–N with tert-alkyl or cyclic N) is 1. The van der Waals surface area contributed by atoms with Crippen molar-refractivity contribution in [1.29, 1.82) is 10.5 Å². The summed E-state index contributed by atoms with van der Waals surface area (Å²) in [5, 5.41) is 27.8. The molecule has 0 bridgehead atoms. The molecule has 0 unspecified atom stereocenters. The first-order valence-corrected chi connectivity index (χ1v) is 5.96. The highest BCUT2D eigenvalue weighted by molar-refractivity contribution is 5.61. The molecule has 0 aliphatic carbocycles. The van der Waals surface area contributed by atoms with Gasteiger partial charge in [-0.25, -0.2) is 4.98 Å². The lowest BCUT2D eigenvalue weighted by molar-refractivity contribution is 0.198. The minimum absolute atomic E-state index is 0.362. The van der Waals surface area contributed by atoms with Gasteiger partial charge >= 0.3 is 0 Å². The molecular weight excluding hydrogens is 228 g/mol. The van der Waals surface area contributed by atoms with Crippen LogP contribution in [0.15, 0.2) is 6.20 Å². The number of aromatic nitrogens is 1. The molecule has 92 valence electrons. The SMILES string of the molecule is CCc1c(C#N)cnc(N2CC[C@H](O)C2)c1C#N. The van der Waals surface area contributed by atoms with Crippen LogP contribution in [-0.2, 0) is 6.42 Å². The fourth-order valence-corrected chi connectivity index (χ4v) is 2.29. The molecule has 1 aromatic rings. The lowest BCUT2D eigenvalue weighted by Crippen LogP contribution is -2.24. The first-order valence-electron chi connectivity index (χ1n) is 5.96. The molecule has 1 aliphatic rings. The predicted octanol–water partition coefficient (Wildman–Crippen LogP) is 0.958. The van der Waals surface area contributed by atoms with Crippen molar-refractivity contribution in [3.05, 3.63) is 22.9 Å². The van der Waals surface area contributed by atoms with Crippen LogP contribution in [0.3, 0.4) is 0 Å². The Labute approximate surface area is 106 Å². The summed E-state index contributed by atoms with van der Waals surface area (Å²) in [6, 6.07) is 4.21. The number of hydrogen-bond donors (Lipinski definition) is 1. The summed E-state index contributed by atoms with van der Waals surface area (Å²) in [4.78, 5) is 6.12.